The monoisotopic (exact) mass is 263 g/mol. The first-order valence-corrected chi connectivity index (χ1v) is 6.93. The van der Waals surface area contributed by atoms with Crippen LogP contribution in [0.15, 0.2) is 24.5 Å². The molecule has 2 aliphatic rings. The second-order valence-electron chi connectivity index (χ2n) is 5.42. The Kier molecular flexibility index (Phi) is 3.96. The quantitative estimate of drug-likeness (QED) is 0.848. The highest BCUT2D eigenvalue weighted by Crippen LogP contribution is 2.31. The molecule has 2 saturated heterocycles. The van der Waals surface area contributed by atoms with Crippen LogP contribution in [0, 0.1) is 5.92 Å². The van der Waals surface area contributed by atoms with E-state index in [9.17, 15) is 0 Å². The van der Waals surface area contributed by atoms with Gasteiger partial charge in [-0.05, 0) is 18.6 Å². The molecule has 104 valence electrons. The third-order valence-corrected chi connectivity index (χ3v) is 3.78. The molecule has 0 amide bonds. The van der Waals surface area contributed by atoms with Crippen molar-refractivity contribution in [2.45, 2.75) is 12.0 Å². The predicted octanol–water partition coefficient (Wildman–Crippen LogP) is 0.889. The van der Waals surface area contributed by atoms with Gasteiger partial charge >= 0.3 is 0 Å². The van der Waals surface area contributed by atoms with E-state index in [4.69, 9.17) is 9.47 Å². The Morgan fingerprint density at radius 3 is 3.42 bits per heavy atom. The topological polar surface area (TPSA) is 55.4 Å². The van der Waals surface area contributed by atoms with Crippen molar-refractivity contribution in [1.82, 2.24) is 10.3 Å². The molecule has 1 aromatic rings. The Hall–Kier alpha value is -1.17. The first kappa shape index (κ1) is 12.8. The van der Waals surface area contributed by atoms with Gasteiger partial charge in [-0.15, -0.1) is 0 Å². The molecule has 19 heavy (non-hydrogen) atoms. The largest absolute Gasteiger partial charge is 0.383 e. The number of rotatable bonds is 3. The van der Waals surface area contributed by atoms with Gasteiger partial charge in [0.15, 0.2) is 0 Å². The molecule has 0 aromatic carbocycles. The Bertz CT molecular complexity index is 391. The summed E-state index contributed by atoms with van der Waals surface area (Å²) in [4.78, 5) is 4.10. The summed E-state index contributed by atoms with van der Waals surface area (Å²) < 4.78 is 11.6. The smallest absolute Gasteiger partial charge is 0.104 e. The normalized spacial score (nSPS) is 31.3. The molecular weight excluding hydrogens is 242 g/mol. The van der Waals surface area contributed by atoms with Crippen LogP contribution in [0.2, 0.25) is 0 Å². The molecule has 3 rings (SSSR count). The number of nitrogens with zero attached hydrogens (tertiary/aromatic N) is 1. The second kappa shape index (κ2) is 5.86. The Balaban J connectivity index is 1.51. The fourth-order valence-electron chi connectivity index (χ4n) is 2.79. The summed E-state index contributed by atoms with van der Waals surface area (Å²) in [7, 11) is 0. The summed E-state index contributed by atoms with van der Waals surface area (Å²) in [6.07, 6.45) is 4.68. The molecule has 3 heterocycles. The molecule has 0 aliphatic carbocycles. The van der Waals surface area contributed by atoms with Crippen LogP contribution in [0.1, 0.15) is 6.42 Å². The maximum absolute atomic E-state index is 6.02. The minimum Gasteiger partial charge on any atom is -0.383 e. The van der Waals surface area contributed by atoms with Gasteiger partial charge in [0, 0.05) is 37.9 Å². The van der Waals surface area contributed by atoms with Crippen molar-refractivity contribution < 1.29 is 9.47 Å². The summed E-state index contributed by atoms with van der Waals surface area (Å²) >= 11 is 0. The molecule has 1 aromatic heterocycles. The SMILES string of the molecule is c1cncc(NC[C@@H]2CO[C@@]3(CNCCOC3)C2)c1. The van der Waals surface area contributed by atoms with Crippen LogP contribution < -0.4 is 10.6 Å². The van der Waals surface area contributed by atoms with E-state index in [1.165, 1.54) is 0 Å². The zero-order valence-electron chi connectivity index (χ0n) is 11.1. The van der Waals surface area contributed by atoms with Crippen LogP contribution in [0.5, 0.6) is 0 Å². The van der Waals surface area contributed by atoms with E-state index in [-0.39, 0.29) is 5.60 Å². The molecule has 0 bridgehead atoms. The Morgan fingerprint density at radius 2 is 2.53 bits per heavy atom. The van der Waals surface area contributed by atoms with E-state index in [1.54, 1.807) is 6.20 Å². The van der Waals surface area contributed by atoms with Gasteiger partial charge in [-0.1, -0.05) is 0 Å². The van der Waals surface area contributed by atoms with Gasteiger partial charge in [-0.3, -0.25) is 4.98 Å². The fraction of sp³-hybridized carbons (Fsp3) is 0.643. The lowest BCUT2D eigenvalue weighted by Crippen LogP contribution is -2.42. The molecular formula is C14H21N3O2. The number of hydrogen-bond donors (Lipinski definition) is 2. The predicted molar refractivity (Wildman–Crippen MR) is 73.2 cm³/mol. The summed E-state index contributed by atoms with van der Waals surface area (Å²) in [5, 5.41) is 6.81. The molecule has 2 N–H and O–H groups in total. The van der Waals surface area contributed by atoms with E-state index < -0.39 is 0 Å². The molecule has 5 heteroatoms. The van der Waals surface area contributed by atoms with Crippen molar-refractivity contribution in [1.29, 1.82) is 0 Å². The van der Waals surface area contributed by atoms with Crippen molar-refractivity contribution in [3.63, 3.8) is 0 Å². The van der Waals surface area contributed by atoms with Crippen LogP contribution in [0.3, 0.4) is 0 Å². The third-order valence-electron chi connectivity index (χ3n) is 3.78. The second-order valence-corrected chi connectivity index (χ2v) is 5.42. The van der Waals surface area contributed by atoms with Crippen molar-refractivity contribution >= 4 is 5.69 Å². The summed E-state index contributed by atoms with van der Waals surface area (Å²) in [5.74, 6) is 0.531. The summed E-state index contributed by atoms with van der Waals surface area (Å²) in [6, 6.07) is 3.98. The first-order chi connectivity index (χ1) is 9.36. The lowest BCUT2D eigenvalue weighted by atomic mass is 9.94. The zero-order valence-corrected chi connectivity index (χ0v) is 11.1. The molecule has 5 nitrogen and oxygen atoms in total. The minimum atomic E-state index is -0.113. The van der Waals surface area contributed by atoms with E-state index in [1.807, 2.05) is 18.3 Å². The fourth-order valence-corrected chi connectivity index (χ4v) is 2.79. The first-order valence-electron chi connectivity index (χ1n) is 6.93. The van der Waals surface area contributed by atoms with Crippen molar-refractivity contribution in [3.05, 3.63) is 24.5 Å². The van der Waals surface area contributed by atoms with E-state index >= 15 is 0 Å². The number of pyridine rings is 1. The maximum atomic E-state index is 6.02. The number of hydrogen-bond acceptors (Lipinski definition) is 5. The van der Waals surface area contributed by atoms with E-state index in [2.05, 4.69) is 15.6 Å². The van der Waals surface area contributed by atoms with Crippen molar-refractivity contribution in [3.8, 4) is 0 Å². The average Bonchev–Trinajstić information content (AvgIpc) is 2.70. The van der Waals surface area contributed by atoms with Gasteiger partial charge in [0.1, 0.15) is 5.60 Å². The average molecular weight is 263 g/mol. The molecule has 2 fully saturated rings. The minimum absolute atomic E-state index is 0.113. The van der Waals surface area contributed by atoms with Gasteiger partial charge < -0.3 is 20.1 Å². The van der Waals surface area contributed by atoms with E-state index in [0.29, 0.717) is 12.5 Å². The Morgan fingerprint density at radius 1 is 1.53 bits per heavy atom. The zero-order chi connectivity index (χ0) is 13.0. The van der Waals surface area contributed by atoms with Gasteiger partial charge in [0.25, 0.3) is 0 Å². The van der Waals surface area contributed by atoms with Gasteiger partial charge in [0.05, 0.1) is 25.5 Å². The highest BCUT2D eigenvalue weighted by molar-refractivity contribution is 5.39. The maximum Gasteiger partial charge on any atom is 0.104 e. The number of ether oxygens (including phenoxy) is 2. The number of anilines is 1. The van der Waals surface area contributed by atoms with Gasteiger partial charge in [-0.2, -0.15) is 0 Å². The standard InChI is InChI=1S/C14H21N3O2/c1-2-13(8-15-3-1)17-7-12-6-14(19-9-12)10-16-4-5-18-11-14/h1-3,8,12,16-17H,4-7,9-11H2/t12-,14-/m1/s1. The van der Waals surface area contributed by atoms with Crippen LogP contribution in [-0.4, -0.2) is 50.0 Å². The molecule has 0 unspecified atom stereocenters. The van der Waals surface area contributed by atoms with E-state index in [0.717, 1.165) is 45.0 Å². The van der Waals surface area contributed by atoms with Crippen LogP contribution in [0.25, 0.3) is 0 Å². The van der Waals surface area contributed by atoms with Crippen LogP contribution in [0.4, 0.5) is 5.69 Å². The van der Waals surface area contributed by atoms with Crippen molar-refractivity contribution in [2.24, 2.45) is 5.92 Å². The molecule has 1 spiro atoms. The van der Waals surface area contributed by atoms with Crippen LogP contribution in [-0.2, 0) is 9.47 Å². The summed E-state index contributed by atoms with van der Waals surface area (Å²) in [5.41, 5.74) is 0.955. The number of aromatic nitrogens is 1. The molecule has 2 atom stereocenters. The van der Waals surface area contributed by atoms with Gasteiger partial charge in [0.2, 0.25) is 0 Å². The van der Waals surface area contributed by atoms with Crippen molar-refractivity contribution in [2.75, 3.05) is 44.8 Å². The highest BCUT2D eigenvalue weighted by atomic mass is 16.5. The third kappa shape index (κ3) is 3.23. The Labute approximate surface area is 113 Å². The summed E-state index contributed by atoms with van der Waals surface area (Å²) in [6.45, 7) is 5.04. The lowest BCUT2D eigenvalue weighted by molar-refractivity contribution is -0.0471. The highest BCUT2D eigenvalue weighted by Gasteiger charge is 2.41. The molecule has 0 saturated carbocycles. The number of nitrogens with one attached hydrogen (secondary N) is 2. The van der Waals surface area contributed by atoms with Crippen LogP contribution >= 0.6 is 0 Å². The van der Waals surface area contributed by atoms with Gasteiger partial charge in [-0.25, -0.2) is 0 Å². The molecule has 2 aliphatic heterocycles. The molecule has 0 radical (unpaired) electrons. The lowest BCUT2D eigenvalue weighted by Gasteiger charge is -2.25.